The standard InChI is InChI=1S/C14H15F3OS/c15-14(16,17)11-8-6-10(7-9-11)13(18)19-12-4-2-1-3-5-12/h6-9,12H,1-5H2. The molecule has 0 N–H and O–H groups in total. The smallest absolute Gasteiger partial charge is 0.282 e. The molecule has 1 fully saturated rings. The van der Waals surface area contributed by atoms with Crippen molar-refractivity contribution < 1.29 is 18.0 Å². The van der Waals surface area contributed by atoms with Crippen LogP contribution in [-0.4, -0.2) is 10.4 Å². The summed E-state index contributed by atoms with van der Waals surface area (Å²) in [6.45, 7) is 0. The number of benzene rings is 1. The van der Waals surface area contributed by atoms with Crippen LogP contribution < -0.4 is 0 Å². The van der Waals surface area contributed by atoms with Crippen LogP contribution in [0.5, 0.6) is 0 Å². The van der Waals surface area contributed by atoms with Crippen LogP contribution in [0.1, 0.15) is 48.0 Å². The number of thioether (sulfide) groups is 1. The predicted molar refractivity (Wildman–Crippen MR) is 70.2 cm³/mol. The molecule has 0 spiro atoms. The van der Waals surface area contributed by atoms with Crippen molar-refractivity contribution in [2.45, 2.75) is 43.5 Å². The van der Waals surface area contributed by atoms with Gasteiger partial charge in [0.1, 0.15) is 0 Å². The Balaban J connectivity index is 1.99. The molecule has 0 heterocycles. The number of alkyl halides is 3. The minimum absolute atomic E-state index is 0.124. The van der Waals surface area contributed by atoms with Gasteiger partial charge >= 0.3 is 6.18 Å². The zero-order valence-electron chi connectivity index (χ0n) is 10.4. The summed E-state index contributed by atoms with van der Waals surface area (Å²) in [5.74, 6) is 0. The van der Waals surface area contributed by atoms with E-state index in [1.165, 1.54) is 30.3 Å². The van der Waals surface area contributed by atoms with Crippen LogP contribution in [0.2, 0.25) is 0 Å². The minimum Gasteiger partial charge on any atom is -0.282 e. The Morgan fingerprint density at radius 2 is 1.63 bits per heavy atom. The van der Waals surface area contributed by atoms with Crippen molar-refractivity contribution in [2.75, 3.05) is 0 Å². The molecular formula is C14H15F3OS. The van der Waals surface area contributed by atoms with Gasteiger partial charge < -0.3 is 0 Å². The molecule has 0 aliphatic heterocycles. The predicted octanol–water partition coefficient (Wildman–Crippen LogP) is 4.91. The van der Waals surface area contributed by atoms with Crippen LogP contribution in [0.25, 0.3) is 0 Å². The molecule has 2 rings (SSSR count). The molecule has 0 unspecified atom stereocenters. The van der Waals surface area contributed by atoms with Crippen LogP contribution in [-0.2, 0) is 6.18 Å². The maximum absolute atomic E-state index is 12.4. The Bertz CT molecular complexity index is 433. The Morgan fingerprint density at radius 1 is 1.05 bits per heavy atom. The molecule has 1 nitrogen and oxygen atoms in total. The highest BCUT2D eigenvalue weighted by molar-refractivity contribution is 8.14. The molecule has 1 saturated carbocycles. The van der Waals surface area contributed by atoms with Gasteiger partial charge in [-0.1, -0.05) is 31.0 Å². The van der Waals surface area contributed by atoms with E-state index in [9.17, 15) is 18.0 Å². The average Bonchev–Trinajstić information content (AvgIpc) is 2.39. The van der Waals surface area contributed by atoms with Crippen LogP contribution in [0.15, 0.2) is 24.3 Å². The molecule has 1 aromatic carbocycles. The van der Waals surface area contributed by atoms with E-state index in [0.29, 0.717) is 10.8 Å². The average molecular weight is 288 g/mol. The van der Waals surface area contributed by atoms with E-state index < -0.39 is 11.7 Å². The molecule has 0 bridgehead atoms. The van der Waals surface area contributed by atoms with Crippen molar-refractivity contribution in [1.82, 2.24) is 0 Å². The van der Waals surface area contributed by atoms with E-state index in [4.69, 9.17) is 0 Å². The van der Waals surface area contributed by atoms with Gasteiger partial charge in [-0.2, -0.15) is 13.2 Å². The lowest BCUT2D eigenvalue weighted by Crippen LogP contribution is -2.11. The third-order valence-corrected chi connectivity index (χ3v) is 4.53. The fourth-order valence-corrected chi connectivity index (χ4v) is 3.34. The molecule has 1 aliphatic rings. The molecule has 104 valence electrons. The number of halogens is 3. The summed E-state index contributed by atoms with van der Waals surface area (Å²) >= 11 is 1.27. The van der Waals surface area contributed by atoms with Crippen molar-refractivity contribution >= 4 is 16.9 Å². The minimum atomic E-state index is -4.35. The van der Waals surface area contributed by atoms with Gasteiger partial charge in [0.15, 0.2) is 0 Å². The number of carbonyl (C=O) groups excluding carboxylic acids is 1. The molecule has 0 saturated heterocycles. The van der Waals surface area contributed by atoms with Crippen molar-refractivity contribution in [3.8, 4) is 0 Å². The van der Waals surface area contributed by atoms with Crippen LogP contribution in [0.4, 0.5) is 13.2 Å². The lowest BCUT2D eigenvalue weighted by atomic mass is 10.0. The van der Waals surface area contributed by atoms with Crippen molar-refractivity contribution in [3.05, 3.63) is 35.4 Å². The van der Waals surface area contributed by atoms with Gasteiger partial charge in [-0.3, -0.25) is 4.79 Å². The Morgan fingerprint density at radius 3 is 2.16 bits per heavy atom. The first-order chi connectivity index (χ1) is 8.97. The number of hydrogen-bond donors (Lipinski definition) is 0. The van der Waals surface area contributed by atoms with Gasteiger partial charge in [0.05, 0.1) is 5.56 Å². The molecule has 5 heteroatoms. The second-order valence-corrected chi connectivity index (χ2v) is 6.01. The third kappa shape index (κ3) is 4.00. The van der Waals surface area contributed by atoms with Gasteiger partial charge in [-0.15, -0.1) is 0 Å². The Kier molecular flexibility index (Phi) is 4.55. The maximum atomic E-state index is 12.4. The normalized spacial score (nSPS) is 17.4. The zero-order chi connectivity index (χ0) is 13.9. The van der Waals surface area contributed by atoms with Crippen molar-refractivity contribution in [2.24, 2.45) is 0 Å². The summed E-state index contributed by atoms with van der Waals surface area (Å²) in [6.07, 6.45) is 1.19. The first kappa shape index (κ1) is 14.4. The van der Waals surface area contributed by atoms with Crippen LogP contribution in [0.3, 0.4) is 0 Å². The van der Waals surface area contributed by atoms with Gasteiger partial charge in [-0.25, -0.2) is 0 Å². The van der Waals surface area contributed by atoms with E-state index in [2.05, 4.69) is 0 Å². The second-order valence-electron chi connectivity index (χ2n) is 4.74. The lowest BCUT2D eigenvalue weighted by molar-refractivity contribution is -0.137. The Hall–Kier alpha value is -0.970. The van der Waals surface area contributed by atoms with E-state index >= 15 is 0 Å². The summed E-state index contributed by atoms with van der Waals surface area (Å²) < 4.78 is 37.2. The molecule has 1 aliphatic carbocycles. The Labute approximate surface area is 114 Å². The number of rotatable bonds is 2. The second kappa shape index (κ2) is 5.99. The summed E-state index contributed by atoms with van der Waals surface area (Å²) in [4.78, 5) is 12.0. The van der Waals surface area contributed by atoms with Gasteiger partial charge in [0.2, 0.25) is 5.12 Å². The fraction of sp³-hybridized carbons (Fsp3) is 0.500. The zero-order valence-corrected chi connectivity index (χ0v) is 11.2. The summed E-state index contributed by atoms with van der Waals surface area (Å²) in [5.41, 5.74) is -0.365. The van der Waals surface area contributed by atoms with Crippen molar-refractivity contribution in [1.29, 1.82) is 0 Å². The van der Waals surface area contributed by atoms with E-state index in [1.54, 1.807) is 0 Å². The summed E-state index contributed by atoms with van der Waals surface area (Å²) in [5, 5.41) is 0.198. The van der Waals surface area contributed by atoms with Crippen molar-refractivity contribution in [3.63, 3.8) is 0 Å². The highest BCUT2D eigenvalue weighted by atomic mass is 32.2. The van der Waals surface area contributed by atoms with Crippen LogP contribution >= 0.6 is 11.8 Å². The third-order valence-electron chi connectivity index (χ3n) is 3.27. The topological polar surface area (TPSA) is 17.1 Å². The van der Waals surface area contributed by atoms with E-state index in [1.807, 2.05) is 0 Å². The molecule has 0 amide bonds. The summed E-state index contributed by atoms with van der Waals surface area (Å²) in [6, 6.07) is 4.46. The SMILES string of the molecule is O=C(SC1CCCCC1)c1ccc(C(F)(F)F)cc1. The number of carbonyl (C=O) groups is 1. The number of hydrogen-bond acceptors (Lipinski definition) is 2. The quantitative estimate of drug-likeness (QED) is 0.769. The molecule has 19 heavy (non-hydrogen) atoms. The molecule has 0 radical (unpaired) electrons. The maximum Gasteiger partial charge on any atom is 0.416 e. The van der Waals surface area contributed by atoms with Gasteiger partial charge in [-0.05, 0) is 37.1 Å². The molecule has 0 atom stereocenters. The monoisotopic (exact) mass is 288 g/mol. The van der Waals surface area contributed by atoms with Gasteiger partial charge in [0.25, 0.3) is 0 Å². The lowest BCUT2D eigenvalue weighted by Gasteiger charge is -2.20. The first-order valence-electron chi connectivity index (χ1n) is 6.35. The highest BCUT2D eigenvalue weighted by Crippen LogP contribution is 2.32. The summed E-state index contributed by atoms with van der Waals surface area (Å²) in [7, 11) is 0. The first-order valence-corrected chi connectivity index (χ1v) is 7.23. The van der Waals surface area contributed by atoms with E-state index in [0.717, 1.165) is 37.8 Å². The van der Waals surface area contributed by atoms with Crippen LogP contribution in [0, 0.1) is 0 Å². The fourth-order valence-electron chi connectivity index (χ4n) is 2.20. The van der Waals surface area contributed by atoms with E-state index in [-0.39, 0.29) is 5.12 Å². The molecule has 1 aromatic rings. The molecule has 0 aromatic heterocycles. The highest BCUT2D eigenvalue weighted by Gasteiger charge is 2.30. The van der Waals surface area contributed by atoms with Gasteiger partial charge in [0, 0.05) is 10.8 Å². The molecular weight excluding hydrogens is 273 g/mol. The largest absolute Gasteiger partial charge is 0.416 e.